The summed E-state index contributed by atoms with van der Waals surface area (Å²) in [4.78, 5) is 12.5. The van der Waals surface area contributed by atoms with E-state index in [1.807, 2.05) is 33.8 Å². The molecule has 1 aromatic heterocycles. The molecule has 0 fully saturated rings. The Kier molecular flexibility index (Phi) is 5.62. The van der Waals surface area contributed by atoms with Crippen LogP contribution in [0, 0.1) is 19.8 Å². The van der Waals surface area contributed by atoms with Crippen molar-refractivity contribution in [1.29, 1.82) is 0 Å². The monoisotopic (exact) mass is 331 g/mol. The molecule has 0 saturated heterocycles. The van der Waals surface area contributed by atoms with Crippen molar-refractivity contribution in [2.24, 2.45) is 5.92 Å². The number of aromatic nitrogens is 2. The highest BCUT2D eigenvalue weighted by atomic mass is 16.5. The van der Waals surface area contributed by atoms with Crippen LogP contribution in [0.5, 0.6) is 5.75 Å². The van der Waals surface area contributed by atoms with E-state index < -0.39 is 0 Å². The largest absolute Gasteiger partial charge is 0.494 e. The van der Waals surface area contributed by atoms with E-state index >= 15 is 0 Å². The molecule has 130 valence electrons. The maximum Gasteiger partial charge on any atom is 0.251 e. The van der Waals surface area contributed by atoms with Crippen LogP contribution in [0.4, 0.5) is 0 Å². The van der Waals surface area contributed by atoms with Crippen molar-refractivity contribution >= 4 is 5.91 Å². The molecule has 0 spiro atoms. The van der Waals surface area contributed by atoms with Crippen molar-refractivity contribution in [3.63, 3.8) is 0 Å². The highest BCUT2D eigenvalue weighted by Crippen LogP contribution is 2.25. The van der Waals surface area contributed by atoms with Crippen LogP contribution in [0.3, 0.4) is 0 Å². The Labute approximate surface area is 142 Å². The summed E-state index contributed by atoms with van der Waals surface area (Å²) in [5.41, 5.74) is 3.06. The number of methoxy groups -OCH3 is 1. The van der Waals surface area contributed by atoms with E-state index in [1.165, 1.54) is 0 Å². The second-order valence-electron chi connectivity index (χ2n) is 6.23. The summed E-state index contributed by atoms with van der Waals surface area (Å²) in [6.07, 6.45) is 0. The minimum atomic E-state index is -0.281. The molecular weight excluding hydrogens is 306 g/mol. The van der Waals surface area contributed by atoms with E-state index in [-0.39, 0.29) is 24.5 Å². The quantitative estimate of drug-likeness (QED) is 0.851. The molecule has 0 aliphatic carbocycles. The summed E-state index contributed by atoms with van der Waals surface area (Å²) in [5, 5.41) is 16.7. The maximum atomic E-state index is 12.5. The number of nitrogens with zero attached hydrogens (tertiary/aromatic N) is 2. The fourth-order valence-electron chi connectivity index (χ4n) is 2.54. The fourth-order valence-corrected chi connectivity index (χ4v) is 2.54. The number of carbonyl (C=O) groups excluding carboxylic acids is 1. The molecule has 1 atom stereocenters. The Bertz CT molecular complexity index is 722. The lowest BCUT2D eigenvalue weighted by molar-refractivity contribution is 0.0897. The lowest BCUT2D eigenvalue weighted by Crippen LogP contribution is -2.41. The highest BCUT2D eigenvalue weighted by molar-refractivity contribution is 5.95. The smallest absolute Gasteiger partial charge is 0.251 e. The lowest BCUT2D eigenvalue weighted by Gasteiger charge is -2.20. The van der Waals surface area contributed by atoms with Gasteiger partial charge in [0.2, 0.25) is 0 Å². The molecular formula is C18H25N3O3. The molecule has 2 aromatic rings. The highest BCUT2D eigenvalue weighted by Gasteiger charge is 2.18. The first kappa shape index (κ1) is 18.0. The fraction of sp³-hybridized carbons (Fsp3) is 0.444. The Morgan fingerprint density at radius 2 is 2.04 bits per heavy atom. The number of aliphatic hydroxyl groups excluding tert-OH is 1. The van der Waals surface area contributed by atoms with Crippen LogP contribution in [0.15, 0.2) is 24.3 Å². The lowest BCUT2D eigenvalue weighted by atomic mass is 10.0. The maximum absolute atomic E-state index is 12.5. The minimum Gasteiger partial charge on any atom is -0.494 e. The van der Waals surface area contributed by atoms with E-state index in [2.05, 4.69) is 10.4 Å². The third-order valence-electron chi connectivity index (χ3n) is 4.00. The van der Waals surface area contributed by atoms with Crippen molar-refractivity contribution < 1.29 is 14.6 Å². The molecule has 0 unspecified atom stereocenters. The van der Waals surface area contributed by atoms with Gasteiger partial charge in [0, 0.05) is 11.3 Å². The van der Waals surface area contributed by atoms with Crippen LogP contribution in [0.25, 0.3) is 5.69 Å². The number of nitrogens with one attached hydrogen (secondary N) is 1. The molecule has 2 N–H and O–H groups in total. The van der Waals surface area contributed by atoms with Gasteiger partial charge in [-0.1, -0.05) is 13.8 Å². The zero-order valence-corrected chi connectivity index (χ0v) is 14.8. The number of carbonyl (C=O) groups is 1. The minimum absolute atomic E-state index is 0.0934. The second kappa shape index (κ2) is 7.49. The third kappa shape index (κ3) is 3.76. The summed E-state index contributed by atoms with van der Waals surface area (Å²) < 4.78 is 7.17. The van der Waals surface area contributed by atoms with Crippen molar-refractivity contribution in [3.8, 4) is 11.4 Å². The topological polar surface area (TPSA) is 76.4 Å². The van der Waals surface area contributed by atoms with E-state index in [4.69, 9.17) is 4.74 Å². The van der Waals surface area contributed by atoms with Crippen molar-refractivity contribution in [2.45, 2.75) is 33.7 Å². The third-order valence-corrected chi connectivity index (χ3v) is 4.00. The van der Waals surface area contributed by atoms with Gasteiger partial charge >= 0.3 is 0 Å². The van der Waals surface area contributed by atoms with Gasteiger partial charge < -0.3 is 15.2 Å². The average molecular weight is 331 g/mol. The SMILES string of the molecule is COc1ccc(C(=O)N[C@H](CO)C(C)C)cc1-n1nc(C)cc1C. The summed E-state index contributed by atoms with van der Waals surface area (Å²) in [7, 11) is 1.59. The van der Waals surface area contributed by atoms with Gasteiger partial charge in [-0.05, 0) is 44.0 Å². The second-order valence-corrected chi connectivity index (χ2v) is 6.23. The normalized spacial score (nSPS) is 12.3. The zero-order valence-electron chi connectivity index (χ0n) is 14.8. The van der Waals surface area contributed by atoms with Gasteiger partial charge in [0.05, 0.1) is 25.5 Å². The van der Waals surface area contributed by atoms with Crippen LogP contribution in [0.2, 0.25) is 0 Å². The van der Waals surface area contributed by atoms with E-state index in [1.54, 1.807) is 30.0 Å². The van der Waals surface area contributed by atoms with Crippen LogP contribution >= 0.6 is 0 Å². The molecule has 0 aliphatic heterocycles. The summed E-state index contributed by atoms with van der Waals surface area (Å²) in [6, 6.07) is 6.90. The molecule has 6 nitrogen and oxygen atoms in total. The van der Waals surface area contributed by atoms with Gasteiger partial charge in [-0.3, -0.25) is 4.79 Å². The van der Waals surface area contributed by atoms with E-state index in [0.29, 0.717) is 17.0 Å². The first-order valence-corrected chi connectivity index (χ1v) is 8.00. The van der Waals surface area contributed by atoms with Crippen LogP contribution in [-0.2, 0) is 0 Å². The van der Waals surface area contributed by atoms with Crippen LogP contribution in [-0.4, -0.2) is 40.6 Å². The van der Waals surface area contributed by atoms with Crippen molar-refractivity contribution in [2.75, 3.05) is 13.7 Å². The molecule has 1 heterocycles. The van der Waals surface area contributed by atoms with Crippen molar-refractivity contribution in [3.05, 3.63) is 41.2 Å². The molecule has 2 rings (SSSR count). The first-order chi connectivity index (χ1) is 11.4. The summed E-state index contributed by atoms with van der Waals surface area (Å²) in [6.45, 7) is 7.69. The number of rotatable bonds is 6. The molecule has 24 heavy (non-hydrogen) atoms. The van der Waals surface area contributed by atoms with Crippen molar-refractivity contribution in [1.82, 2.24) is 15.1 Å². The number of aryl methyl sites for hydroxylation is 2. The number of benzene rings is 1. The van der Waals surface area contributed by atoms with Crippen LogP contribution in [0.1, 0.15) is 35.6 Å². The Morgan fingerprint density at radius 3 is 2.54 bits per heavy atom. The van der Waals surface area contributed by atoms with Crippen LogP contribution < -0.4 is 10.1 Å². The molecule has 0 radical (unpaired) electrons. The summed E-state index contributed by atoms with van der Waals surface area (Å²) >= 11 is 0. The number of ether oxygens (including phenoxy) is 1. The zero-order chi connectivity index (χ0) is 17.9. The number of amides is 1. The molecule has 0 saturated carbocycles. The Hall–Kier alpha value is -2.34. The Balaban J connectivity index is 2.38. The first-order valence-electron chi connectivity index (χ1n) is 8.00. The number of hydrogen-bond donors (Lipinski definition) is 2. The standard InChI is InChI=1S/C18H25N3O3/c1-11(2)15(10-22)19-18(23)14-6-7-17(24-5)16(9-14)21-13(4)8-12(3)20-21/h6-9,11,15,22H,10H2,1-5H3,(H,19,23)/t15-/m1/s1. The number of hydrogen-bond acceptors (Lipinski definition) is 4. The Morgan fingerprint density at radius 1 is 1.33 bits per heavy atom. The average Bonchev–Trinajstić information content (AvgIpc) is 2.89. The molecule has 1 amide bonds. The van der Waals surface area contributed by atoms with Gasteiger partial charge in [-0.25, -0.2) is 4.68 Å². The van der Waals surface area contributed by atoms with E-state index in [9.17, 15) is 9.90 Å². The summed E-state index contributed by atoms with van der Waals surface area (Å²) in [5.74, 6) is 0.557. The molecule has 0 aliphatic rings. The van der Waals surface area contributed by atoms with Gasteiger partial charge in [0.1, 0.15) is 11.4 Å². The van der Waals surface area contributed by atoms with E-state index in [0.717, 1.165) is 11.4 Å². The van der Waals surface area contributed by atoms with Gasteiger partial charge in [0.25, 0.3) is 5.91 Å². The van der Waals surface area contributed by atoms with Gasteiger partial charge in [-0.2, -0.15) is 5.10 Å². The van der Waals surface area contributed by atoms with Gasteiger partial charge in [0.15, 0.2) is 0 Å². The molecule has 6 heteroatoms. The molecule has 0 bridgehead atoms. The predicted octanol–water partition coefficient (Wildman–Crippen LogP) is 2.24. The van der Waals surface area contributed by atoms with Gasteiger partial charge in [-0.15, -0.1) is 0 Å². The predicted molar refractivity (Wildman–Crippen MR) is 92.8 cm³/mol. The molecule has 1 aromatic carbocycles. The number of aliphatic hydroxyl groups is 1.